The molecule has 0 radical (unpaired) electrons. The van der Waals surface area contributed by atoms with Crippen LogP contribution in [-0.4, -0.2) is 24.4 Å². The number of nitrogens with one attached hydrogen (secondary N) is 2. The summed E-state index contributed by atoms with van der Waals surface area (Å²) < 4.78 is 13.1. The molecule has 2 aromatic rings. The molecule has 1 atom stereocenters. The van der Waals surface area contributed by atoms with Gasteiger partial charge in [-0.25, -0.2) is 14.1 Å². The van der Waals surface area contributed by atoms with Gasteiger partial charge in [0.2, 0.25) is 11.8 Å². The highest BCUT2D eigenvalue weighted by Crippen LogP contribution is 2.24. The van der Waals surface area contributed by atoms with Crippen molar-refractivity contribution in [2.45, 2.75) is 0 Å². The topological polar surface area (TPSA) is 78.5 Å². The Morgan fingerprint density at radius 1 is 1.16 bits per heavy atom. The minimum atomic E-state index is -1.13. The van der Waals surface area contributed by atoms with E-state index in [1.54, 1.807) is 24.3 Å². The molecule has 1 unspecified atom stereocenters. The summed E-state index contributed by atoms with van der Waals surface area (Å²) in [6, 6.07) is 10.8. The van der Waals surface area contributed by atoms with E-state index in [1.807, 2.05) is 0 Å². The van der Waals surface area contributed by atoms with E-state index in [1.165, 1.54) is 12.1 Å². The highest BCUT2D eigenvalue weighted by molar-refractivity contribution is 6.34. The highest BCUT2D eigenvalue weighted by Gasteiger charge is 2.39. The van der Waals surface area contributed by atoms with Gasteiger partial charge in [-0.1, -0.05) is 23.7 Å². The Bertz CT molecular complexity index is 841. The second-order valence-electron chi connectivity index (χ2n) is 5.36. The standard InChI is InChI=1S/C17H13ClFN3O3/c18-13-3-1-2-4-14(13)21-15(23)12-9-20-17(25)22(16(12)24)11-7-5-10(19)6-8-11/h1-8,12H,9H2,(H,20,25)(H,21,23). The molecule has 128 valence electrons. The monoisotopic (exact) mass is 361 g/mol. The fourth-order valence-corrected chi connectivity index (χ4v) is 2.62. The number of carbonyl (C=O) groups excluding carboxylic acids is 3. The first kappa shape index (κ1) is 16.9. The molecule has 1 saturated heterocycles. The minimum Gasteiger partial charge on any atom is -0.336 e. The molecule has 4 amide bonds. The van der Waals surface area contributed by atoms with Crippen LogP contribution in [-0.2, 0) is 9.59 Å². The molecule has 0 aliphatic carbocycles. The molecule has 1 aliphatic rings. The Labute approximate surface area is 147 Å². The molecule has 2 aromatic carbocycles. The number of urea groups is 1. The normalized spacial score (nSPS) is 17.2. The molecular weight excluding hydrogens is 349 g/mol. The summed E-state index contributed by atoms with van der Waals surface area (Å²) >= 11 is 5.99. The van der Waals surface area contributed by atoms with Crippen LogP contribution in [0.15, 0.2) is 48.5 Å². The summed E-state index contributed by atoms with van der Waals surface area (Å²) in [5.41, 5.74) is 0.548. The lowest BCUT2D eigenvalue weighted by Gasteiger charge is -2.30. The van der Waals surface area contributed by atoms with Crippen molar-refractivity contribution in [2.24, 2.45) is 5.92 Å². The van der Waals surface area contributed by atoms with Crippen molar-refractivity contribution in [3.8, 4) is 0 Å². The van der Waals surface area contributed by atoms with Crippen LogP contribution in [0.4, 0.5) is 20.6 Å². The number of rotatable bonds is 3. The highest BCUT2D eigenvalue weighted by atomic mass is 35.5. The van der Waals surface area contributed by atoms with Crippen molar-refractivity contribution in [3.63, 3.8) is 0 Å². The fraction of sp³-hybridized carbons (Fsp3) is 0.118. The predicted octanol–water partition coefficient (Wildman–Crippen LogP) is 2.79. The van der Waals surface area contributed by atoms with E-state index in [4.69, 9.17) is 11.6 Å². The number of amides is 4. The molecule has 3 rings (SSSR count). The zero-order valence-corrected chi connectivity index (χ0v) is 13.6. The van der Waals surface area contributed by atoms with Crippen molar-refractivity contribution < 1.29 is 18.8 Å². The Morgan fingerprint density at radius 3 is 2.52 bits per heavy atom. The lowest BCUT2D eigenvalue weighted by atomic mass is 10.0. The Balaban J connectivity index is 1.82. The van der Waals surface area contributed by atoms with Crippen LogP contribution in [0, 0.1) is 11.7 Å². The molecule has 0 saturated carbocycles. The third-order valence-corrected chi connectivity index (χ3v) is 4.04. The average Bonchev–Trinajstić information content (AvgIpc) is 2.58. The van der Waals surface area contributed by atoms with Crippen LogP contribution in [0.25, 0.3) is 0 Å². The second kappa shape index (κ2) is 6.90. The summed E-state index contributed by atoms with van der Waals surface area (Å²) in [6.07, 6.45) is 0. The number of hydrogen-bond donors (Lipinski definition) is 2. The van der Waals surface area contributed by atoms with Crippen molar-refractivity contribution in [1.82, 2.24) is 5.32 Å². The lowest BCUT2D eigenvalue weighted by Crippen LogP contribution is -2.58. The van der Waals surface area contributed by atoms with Gasteiger partial charge in [0.25, 0.3) is 0 Å². The van der Waals surface area contributed by atoms with Crippen LogP contribution in [0.2, 0.25) is 5.02 Å². The van der Waals surface area contributed by atoms with Crippen molar-refractivity contribution in [2.75, 3.05) is 16.8 Å². The smallest absolute Gasteiger partial charge is 0.328 e. The summed E-state index contributed by atoms with van der Waals surface area (Å²) in [5.74, 6) is -2.91. The number of para-hydroxylation sites is 1. The van der Waals surface area contributed by atoms with Gasteiger partial charge >= 0.3 is 6.03 Å². The fourth-order valence-electron chi connectivity index (χ4n) is 2.43. The molecule has 1 heterocycles. The van der Waals surface area contributed by atoms with E-state index in [-0.39, 0.29) is 12.2 Å². The number of halogens is 2. The van der Waals surface area contributed by atoms with E-state index < -0.39 is 29.6 Å². The van der Waals surface area contributed by atoms with Gasteiger partial charge in [0.05, 0.1) is 16.4 Å². The molecule has 8 heteroatoms. The first-order chi connectivity index (χ1) is 12.0. The average molecular weight is 362 g/mol. The van der Waals surface area contributed by atoms with E-state index in [2.05, 4.69) is 10.6 Å². The maximum Gasteiger partial charge on any atom is 0.328 e. The summed E-state index contributed by atoms with van der Waals surface area (Å²) in [7, 11) is 0. The lowest BCUT2D eigenvalue weighted by molar-refractivity contribution is -0.130. The van der Waals surface area contributed by atoms with E-state index in [0.717, 1.165) is 17.0 Å². The molecular formula is C17H13ClFN3O3. The van der Waals surface area contributed by atoms with Crippen LogP contribution >= 0.6 is 11.6 Å². The molecule has 0 spiro atoms. The molecule has 0 bridgehead atoms. The molecule has 6 nitrogen and oxygen atoms in total. The van der Waals surface area contributed by atoms with Crippen molar-refractivity contribution in [1.29, 1.82) is 0 Å². The minimum absolute atomic E-state index is 0.133. The molecule has 2 N–H and O–H groups in total. The first-order valence-electron chi connectivity index (χ1n) is 7.40. The number of benzene rings is 2. The summed E-state index contributed by atoms with van der Waals surface area (Å²) in [5, 5.41) is 5.39. The van der Waals surface area contributed by atoms with Gasteiger partial charge in [-0.05, 0) is 36.4 Å². The molecule has 1 fully saturated rings. The van der Waals surface area contributed by atoms with Gasteiger partial charge in [0.1, 0.15) is 11.7 Å². The van der Waals surface area contributed by atoms with Crippen LogP contribution < -0.4 is 15.5 Å². The maximum absolute atomic E-state index is 13.1. The summed E-state index contributed by atoms with van der Waals surface area (Å²) in [4.78, 5) is 37.9. The van der Waals surface area contributed by atoms with Crippen molar-refractivity contribution >= 4 is 40.8 Å². The van der Waals surface area contributed by atoms with Crippen LogP contribution in [0.5, 0.6) is 0 Å². The number of imide groups is 1. The van der Waals surface area contributed by atoms with Crippen LogP contribution in [0.3, 0.4) is 0 Å². The van der Waals surface area contributed by atoms with Crippen LogP contribution in [0.1, 0.15) is 0 Å². The first-order valence-corrected chi connectivity index (χ1v) is 7.78. The SMILES string of the molecule is O=C(Nc1ccccc1Cl)C1CNC(=O)N(c2ccc(F)cc2)C1=O. The van der Waals surface area contributed by atoms with Gasteiger partial charge in [-0.15, -0.1) is 0 Å². The maximum atomic E-state index is 13.1. The quantitative estimate of drug-likeness (QED) is 0.825. The Hall–Kier alpha value is -2.93. The number of anilines is 2. The van der Waals surface area contributed by atoms with E-state index in [0.29, 0.717) is 10.7 Å². The Morgan fingerprint density at radius 2 is 1.84 bits per heavy atom. The predicted molar refractivity (Wildman–Crippen MR) is 90.9 cm³/mol. The number of carbonyl (C=O) groups is 3. The molecule has 25 heavy (non-hydrogen) atoms. The van der Waals surface area contributed by atoms with Gasteiger partial charge in [-0.2, -0.15) is 0 Å². The Kier molecular flexibility index (Phi) is 4.67. The van der Waals surface area contributed by atoms with Gasteiger partial charge in [0.15, 0.2) is 0 Å². The number of nitrogens with zero attached hydrogens (tertiary/aromatic N) is 1. The van der Waals surface area contributed by atoms with E-state index in [9.17, 15) is 18.8 Å². The molecule has 0 aromatic heterocycles. The number of hydrogen-bond acceptors (Lipinski definition) is 3. The van der Waals surface area contributed by atoms with Gasteiger partial charge < -0.3 is 10.6 Å². The zero-order valence-electron chi connectivity index (χ0n) is 12.8. The van der Waals surface area contributed by atoms with Gasteiger partial charge in [0, 0.05) is 6.54 Å². The van der Waals surface area contributed by atoms with E-state index >= 15 is 0 Å². The zero-order chi connectivity index (χ0) is 18.0. The third kappa shape index (κ3) is 3.46. The molecule has 1 aliphatic heterocycles. The van der Waals surface area contributed by atoms with Gasteiger partial charge in [-0.3, -0.25) is 9.59 Å². The largest absolute Gasteiger partial charge is 0.336 e. The second-order valence-corrected chi connectivity index (χ2v) is 5.77. The third-order valence-electron chi connectivity index (χ3n) is 3.71. The van der Waals surface area contributed by atoms with Crippen molar-refractivity contribution in [3.05, 3.63) is 59.4 Å². The summed E-state index contributed by atoms with van der Waals surface area (Å²) in [6.45, 7) is -0.133.